The first-order valence-electron chi connectivity index (χ1n) is 5.36. The molecule has 0 aliphatic heterocycles. The first-order chi connectivity index (χ1) is 7.41. The van der Waals surface area contributed by atoms with Crippen molar-refractivity contribution in [2.45, 2.75) is 33.7 Å². The zero-order valence-electron chi connectivity index (χ0n) is 10.0. The molecule has 0 N–H and O–H groups in total. The third-order valence-corrected chi connectivity index (χ3v) is 2.34. The van der Waals surface area contributed by atoms with Gasteiger partial charge in [-0.2, -0.15) is 4.98 Å². The van der Waals surface area contributed by atoms with Gasteiger partial charge in [0.25, 0.3) is 0 Å². The Bertz CT molecular complexity index is 355. The molecule has 0 bridgehead atoms. The number of hydrogen-bond donors (Lipinski definition) is 0. The van der Waals surface area contributed by atoms with Gasteiger partial charge >= 0.3 is 0 Å². The van der Waals surface area contributed by atoms with Crippen molar-refractivity contribution in [1.29, 1.82) is 0 Å². The van der Waals surface area contributed by atoms with E-state index in [-0.39, 0.29) is 17.1 Å². The van der Waals surface area contributed by atoms with Gasteiger partial charge in [0.15, 0.2) is 11.6 Å². The van der Waals surface area contributed by atoms with E-state index in [0.717, 1.165) is 12.7 Å². The number of hydrogen-bond acceptors (Lipinski definition) is 3. The van der Waals surface area contributed by atoms with Gasteiger partial charge in [0.1, 0.15) is 0 Å². The molecule has 0 spiro atoms. The van der Waals surface area contributed by atoms with Gasteiger partial charge in [0.05, 0.1) is 6.20 Å². The van der Waals surface area contributed by atoms with E-state index in [1.54, 1.807) is 0 Å². The Kier molecular flexibility index (Phi) is 4.47. The fourth-order valence-corrected chi connectivity index (χ4v) is 1.60. The van der Waals surface area contributed by atoms with Crippen molar-refractivity contribution in [1.82, 2.24) is 9.97 Å². The van der Waals surface area contributed by atoms with Gasteiger partial charge in [-0.1, -0.05) is 13.8 Å². The number of nitrogens with zero attached hydrogens (tertiary/aromatic N) is 3. The van der Waals surface area contributed by atoms with Gasteiger partial charge in [0.2, 0.25) is 5.28 Å². The Labute approximate surface area is 101 Å². The molecule has 1 rings (SSSR count). The molecule has 0 atom stereocenters. The fraction of sp³-hybridized carbons (Fsp3) is 0.636. The Morgan fingerprint density at radius 2 is 2.00 bits per heavy atom. The van der Waals surface area contributed by atoms with Gasteiger partial charge in [-0.3, -0.25) is 0 Å². The van der Waals surface area contributed by atoms with Crippen LogP contribution in [0.2, 0.25) is 5.28 Å². The second kappa shape index (κ2) is 5.43. The Morgan fingerprint density at radius 1 is 1.38 bits per heavy atom. The maximum atomic E-state index is 13.6. The molecule has 0 saturated heterocycles. The van der Waals surface area contributed by atoms with E-state index >= 15 is 0 Å². The van der Waals surface area contributed by atoms with Crippen molar-refractivity contribution in [2.24, 2.45) is 5.92 Å². The predicted molar refractivity (Wildman–Crippen MR) is 64.3 cm³/mol. The normalized spacial score (nSPS) is 11.2. The van der Waals surface area contributed by atoms with Crippen LogP contribution in [0.4, 0.5) is 10.2 Å². The van der Waals surface area contributed by atoms with Gasteiger partial charge < -0.3 is 4.90 Å². The first-order valence-corrected chi connectivity index (χ1v) is 5.74. The van der Waals surface area contributed by atoms with Crippen LogP contribution in [0.25, 0.3) is 0 Å². The van der Waals surface area contributed by atoms with Crippen molar-refractivity contribution in [3.05, 3.63) is 17.3 Å². The van der Waals surface area contributed by atoms with Crippen LogP contribution >= 0.6 is 11.6 Å². The van der Waals surface area contributed by atoms with Crippen molar-refractivity contribution >= 4 is 17.4 Å². The lowest BCUT2D eigenvalue weighted by molar-refractivity contribution is 0.539. The van der Waals surface area contributed by atoms with Gasteiger partial charge in [0, 0.05) is 12.6 Å². The zero-order valence-corrected chi connectivity index (χ0v) is 10.8. The lowest BCUT2D eigenvalue weighted by Gasteiger charge is -2.29. The highest BCUT2D eigenvalue weighted by Gasteiger charge is 2.18. The molecular weight excluding hydrogens is 229 g/mol. The van der Waals surface area contributed by atoms with Crippen molar-refractivity contribution in [3.63, 3.8) is 0 Å². The van der Waals surface area contributed by atoms with E-state index in [9.17, 15) is 4.39 Å². The molecule has 0 radical (unpaired) electrons. The van der Waals surface area contributed by atoms with Crippen molar-refractivity contribution in [3.8, 4) is 0 Å². The average molecular weight is 246 g/mol. The lowest BCUT2D eigenvalue weighted by atomic mass is 10.2. The van der Waals surface area contributed by atoms with Crippen LogP contribution in [-0.2, 0) is 0 Å². The highest BCUT2D eigenvalue weighted by molar-refractivity contribution is 6.28. The summed E-state index contributed by atoms with van der Waals surface area (Å²) in [4.78, 5) is 9.46. The maximum absolute atomic E-state index is 13.6. The van der Waals surface area contributed by atoms with E-state index in [1.165, 1.54) is 0 Å². The molecule has 0 fully saturated rings. The third-order valence-electron chi connectivity index (χ3n) is 2.15. The molecule has 16 heavy (non-hydrogen) atoms. The van der Waals surface area contributed by atoms with Crippen LogP contribution in [-0.4, -0.2) is 22.6 Å². The minimum absolute atomic E-state index is 0.0748. The molecule has 0 unspecified atom stereocenters. The maximum Gasteiger partial charge on any atom is 0.224 e. The van der Waals surface area contributed by atoms with E-state index in [2.05, 4.69) is 23.8 Å². The minimum atomic E-state index is -0.432. The average Bonchev–Trinajstić information content (AvgIpc) is 2.18. The summed E-state index contributed by atoms with van der Waals surface area (Å²) in [7, 11) is 0. The van der Waals surface area contributed by atoms with Crippen molar-refractivity contribution in [2.75, 3.05) is 11.4 Å². The van der Waals surface area contributed by atoms with Crippen LogP contribution in [0.5, 0.6) is 0 Å². The highest BCUT2D eigenvalue weighted by Crippen LogP contribution is 2.20. The van der Waals surface area contributed by atoms with Crippen LogP contribution in [0, 0.1) is 11.7 Å². The molecule has 90 valence electrons. The lowest BCUT2D eigenvalue weighted by Crippen LogP contribution is -2.35. The Hall–Kier alpha value is -0.900. The van der Waals surface area contributed by atoms with Crippen LogP contribution in [0.3, 0.4) is 0 Å². The predicted octanol–water partition coefficient (Wildman–Crippen LogP) is 3.14. The quantitative estimate of drug-likeness (QED) is 0.763. The Morgan fingerprint density at radius 3 is 2.50 bits per heavy atom. The van der Waals surface area contributed by atoms with E-state index < -0.39 is 5.82 Å². The summed E-state index contributed by atoms with van der Waals surface area (Å²) in [5, 5.41) is 0.0748. The topological polar surface area (TPSA) is 29.0 Å². The van der Waals surface area contributed by atoms with Crippen LogP contribution < -0.4 is 4.90 Å². The Balaban J connectivity index is 3.05. The molecule has 3 nitrogen and oxygen atoms in total. The molecule has 0 amide bonds. The molecule has 5 heteroatoms. The monoisotopic (exact) mass is 245 g/mol. The molecule has 0 aliphatic rings. The third kappa shape index (κ3) is 3.30. The molecule has 1 heterocycles. The standard InChI is InChI=1S/C11H17ClFN3/c1-7(2)6-16(8(3)4)10-9(13)5-14-11(12)15-10/h5,7-8H,6H2,1-4H3. The zero-order chi connectivity index (χ0) is 12.3. The van der Waals surface area contributed by atoms with Crippen LogP contribution in [0.15, 0.2) is 6.20 Å². The molecular formula is C11H17ClFN3. The minimum Gasteiger partial charge on any atom is -0.351 e. The molecule has 0 saturated carbocycles. The van der Waals surface area contributed by atoms with E-state index in [1.807, 2.05) is 18.7 Å². The number of anilines is 1. The summed E-state index contributed by atoms with van der Waals surface area (Å²) in [5.74, 6) is 0.276. The fourth-order valence-electron chi connectivity index (χ4n) is 1.47. The second-order valence-corrected chi connectivity index (χ2v) is 4.79. The molecule has 0 aromatic carbocycles. The van der Waals surface area contributed by atoms with Gasteiger partial charge in [-0.15, -0.1) is 0 Å². The van der Waals surface area contributed by atoms with E-state index in [4.69, 9.17) is 11.6 Å². The summed E-state index contributed by atoms with van der Waals surface area (Å²) < 4.78 is 13.6. The van der Waals surface area contributed by atoms with Crippen LogP contribution in [0.1, 0.15) is 27.7 Å². The molecule has 1 aromatic rings. The summed E-state index contributed by atoms with van der Waals surface area (Å²) in [6, 6.07) is 0.169. The second-order valence-electron chi connectivity index (χ2n) is 4.45. The largest absolute Gasteiger partial charge is 0.351 e. The summed E-state index contributed by atoms with van der Waals surface area (Å²) in [5.41, 5.74) is 0. The smallest absolute Gasteiger partial charge is 0.224 e. The number of halogens is 2. The first kappa shape index (κ1) is 13.2. The van der Waals surface area contributed by atoms with Gasteiger partial charge in [-0.05, 0) is 31.4 Å². The molecule has 1 aromatic heterocycles. The number of rotatable bonds is 4. The highest BCUT2D eigenvalue weighted by atomic mass is 35.5. The SMILES string of the molecule is CC(C)CN(c1nc(Cl)ncc1F)C(C)C. The van der Waals surface area contributed by atoms with E-state index in [0.29, 0.717) is 5.92 Å². The summed E-state index contributed by atoms with van der Waals surface area (Å²) in [6.45, 7) is 8.89. The summed E-state index contributed by atoms with van der Waals surface area (Å²) in [6.07, 6.45) is 1.11. The number of aromatic nitrogens is 2. The summed E-state index contributed by atoms with van der Waals surface area (Å²) >= 11 is 5.69. The van der Waals surface area contributed by atoms with Gasteiger partial charge in [-0.25, -0.2) is 9.37 Å². The van der Waals surface area contributed by atoms with Crippen molar-refractivity contribution < 1.29 is 4.39 Å². The molecule has 0 aliphatic carbocycles.